The zero-order valence-corrected chi connectivity index (χ0v) is 13.3. The summed E-state index contributed by atoms with van der Waals surface area (Å²) in [7, 11) is 0. The van der Waals surface area contributed by atoms with E-state index in [2.05, 4.69) is 15.1 Å². The summed E-state index contributed by atoms with van der Waals surface area (Å²) in [6, 6.07) is 5.02. The predicted molar refractivity (Wildman–Crippen MR) is 85.7 cm³/mol. The molecule has 118 valence electrons. The fraction of sp³-hybridized carbons (Fsp3) is 0.267. The van der Waals surface area contributed by atoms with Crippen LogP contribution >= 0.6 is 11.6 Å². The predicted octanol–water partition coefficient (Wildman–Crippen LogP) is 2.19. The standard InChI is InChI=1S/C15H13ClN4O3/c1-3-20-14-11(13(21)12(19-20)15(22)23-4-2)17-10-7-8(16)5-6-9(10)18-14/h5-7H,3-4H2,1-2H3. The average molecular weight is 333 g/mol. The second kappa shape index (κ2) is 5.92. The van der Waals surface area contributed by atoms with Gasteiger partial charge in [0.05, 0.1) is 17.6 Å². The minimum absolute atomic E-state index is 0.0691. The Balaban J connectivity index is 2.38. The first-order valence-electron chi connectivity index (χ1n) is 7.10. The van der Waals surface area contributed by atoms with Crippen LogP contribution < -0.4 is 5.43 Å². The second-order valence-electron chi connectivity index (χ2n) is 4.74. The van der Waals surface area contributed by atoms with Crippen LogP contribution in [0.4, 0.5) is 0 Å². The van der Waals surface area contributed by atoms with Gasteiger partial charge >= 0.3 is 5.97 Å². The SMILES string of the molecule is CCOC(=O)c1nn(CC)c2nc3ccc(Cl)cc3nc2c1=O. The molecule has 2 aromatic heterocycles. The van der Waals surface area contributed by atoms with E-state index >= 15 is 0 Å². The van der Waals surface area contributed by atoms with Gasteiger partial charge in [0.25, 0.3) is 0 Å². The largest absolute Gasteiger partial charge is 0.461 e. The molecule has 8 heteroatoms. The number of rotatable bonds is 3. The van der Waals surface area contributed by atoms with E-state index in [-0.39, 0.29) is 17.8 Å². The molecule has 0 radical (unpaired) electrons. The van der Waals surface area contributed by atoms with Gasteiger partial charge in [0, 0.05) is 11.6 Å². The van der Waals surface area contributed by atoms with Gasteiger partial charge in [-0.2, -0.15) is 5.10 Å². The Morgan fingerprint density at radius 3 is 2.74 bits per heavy atom. The van der Waals surface area contributed by atoms with Crippen molar-refractivity contribution < 1.29 is 9.53 Å². The van der Waals surface area contributed by atoms with Crippen LogP contribution in [0.15, 0.2) is 23.0 Å². The summed E-state index contributed by atoms with van der Waals surface area (Å²) in [5.74, 6) is -0.769. The van der Waals surface area contributed by atoms with Crippen LogP contribution in [-0.4, -0.2) is 32.3 Å². The minimum atomic E-state index is -0.769. The zero-order chi connectivity index (χ0) is 16.6. The number of benzene rings is 1. The molecule has 3 rings (SSSR count). The number of aromatic nitrogens is 4. The number of ether oxygens (including phenoxy) is 1. The molecule has 0 aliphatic heterocycles. The summed E-state index contributed by atoms with van der Waals surface area (Å²) in [6.07, 6.45) is 0. The molecule has 0 atom stereocenters. The quantitative estimate of drug-likeness (QED) is 0.539. The Morgan fingerprint density at radius 2 is 2.04 bits per heavy atom. The Labute approximate surface area is 135 Å². The molecule has 2 heterocycles. The maximum Gasteiger partial charge on any atom is 0.362 e. The van der Waals surface area contributed by atoms with E-state index in [9.17, 15) is 9.59 Å². The van der Waals surface area contributed by atoms with E-state index in [1.54, 1.807) is 25.1 Å². The topological polar surface area (TPSA) is 87.0 Å². The number of esters is 1. The van der Waals surface area contributed by atoms with Gasteiger partial charge in [-0.3, -0.25) is 4.79 Å². The maximum atomic E-state index is 12.5. The Hall–Kier alpha value is -2.54. The third-order valence-corrected chi connectivity index (χ3v) is 3.51. The first-order valence-corrected chi connectivity index (χ1v) is 7.48. The van der Waals surface area contributed by atoms with E-state index in [4.69, 9.17) is 16.3 Å². The van der Waals surface area contributed by atoms with Gasteiger partial charge in [0.1, 0.15) is 0 Å². The number of hydrogen-bond acceptors (Lipinski definition) is 6. The van der Waals surface area contributed by atoms with E-state index in [0.29, 0.717) is 28.2 Å². The molecule has 1 aromatic carbocycles. The fourth-order valence-corrected chi connectivity index (χ4v) is 2.40. The first-order chi connectivity index (χ1) is 11.0. The third-order valence-electron chi connectivity index (χ3n) is 3.27. The van der Waals surface area contributed by atoms with Crippen molar-refractivity contribution in [2.24, 2.45) is 0 Å². The summed E-state index contributed by atoms with van der Waals surface area (Å²) >= 11 is 5.95. The van der Waals surface area contributed by atoms with Crippen LogP contribution in [0.5, 0.6) is 0 Å². The highest BCUT2D eigenvalue weighted by Crippen LogP contribution is 2.18. The summed E-state index contributed by atoms with van der Waals surface area (Å²) in [5.41, 5.74) is 0.564. The number of halogens is 1. The van der Waals surface area contributed by atoms with E-state index in [0.717, 1.165) is 0 Å². The van der Waals surface area contributed by atoms with Crippen molar-refractivity contribution in [1.82, 2.24) is 19.7 Å². The third kappa shape index (κ3) is 2.63. The van der Waals surface area contributed by atoms with Crippen molar-refractivity contribution in [2.45, 2.75) is 20.4 Å². The van der Waals surface area contributed by atoms with Crippen molar-refractivity contribution in [3.63, 3.8) is 0 Å². The molecular weight excluding hydrogens is 320 g/mol. The molecule has 0 aliphatic rings. The van der Waals surface area contributed by atoms with Gasteiger partial charge in [-0.05, 0) is 32.0 Å². The van der Waals surface area contributed by atoms with E-state index in [1.807, 2.05) is 6.92 Å². The normalized spacial score (nSPS) is 11.1. The van der Waals surface area contributed by atoms with Crippen LogP contribution in [-0.2, 0) is 11.3 Å². The van der Waals surface area contributed by atoms with Crippen molar-refractivity contribution in [1.29, 1.82) is 0 Å². The van der Waals surface area contributed by atoms with Gasteiger partial charge in [-0.25, -0.2) is 19.4 Å². The lowest BCUT2D eigenvalue weighted by molar-refractivity contribution is 0.0515. The average Bonchev–Trinajstić information content (AvgIpc) is 2.54. The fourth-order valence-electron chi connectivity index (χ4n) is 2.23. The minimum Gasteiger partial charge on any atom is -0.461 e. The monoisotopic (exact) mass is 332 g/mol. The highest BCUT2D eigenvalue weighted by molar-refractivity contribution is 6.31. The summed E-state index contributed by atoms with van der Waals surface area (Å²) in [6.45, 7) is 4.08. The molecular formula is C15H13ClN4O3. The summed E-state index contributed by atoms with van der Waals surface area (Å²) in [5, 5.41) is 4.55. The molecule has 0 aliphatic carbocycles. The smallest absolute Gasteiger partial charge is 0.362 e. The molecule has 0 amide bonds. The van der Waals surface area contributed by atoms with Gasteiger partial charge in [0.2, 0.25) is 11.1 Å². The maximum absolute atomic E-state index is 12.5. The van der Waals surface area contributed by atoms with Crippen molar-refractivity contribution in [2.75, 3.05) is 6.61 Å². The van der Waals surface area contributed by atoms with Crippen LogP contribution in [0.2, 0.25) is 5.02 Å². The second-order valence-corrected chi connectivity index (χ2v) is 5.18. The number of fused-ring (bicyclic) bond motifs is 2. The number of aryl methyl sites for hydroxylation is 1. The lowest BCUT2D eigenvalue weighted by Gasteiger charge is -2.09. The van der Waals surface area contributed by atoms with Crippen LogP contribution in [0.25, 0.3) is 22.2 Å². The molecule has 0 spiro atoms. The molecule has 0 unspecified atom stereocenters. The molecule has 0 bridgehead atoms. The zero-order valence-electron chi connectivity index (χ0n) is 12.5. The molecule has 0 N–H and O–H groups in total. The van der Waals surface area contributed by atoms with E-state index < -0.39 is 11.4 Å². The van der Waals surface area contributed by atoms with Crippen molar-refractivity contribution in [3.05, 3.63) is 39.1 Å². The molecule has 3 aromatic rings. The molecule has 7 nitrogen and oxygen atoms in total. The van der Waals surface area contributed by atoms with Crippen LogP contribution in [0.1, 0.15) is 24.3 Å². The van der Waals surface area contributed by atoms with Gasteiger partial charge < -0.3 is 4.74 Å². The Kier molecular flexibility index (Phi) is 3.96. The summed E-state index contributed by atoms with van der Waals surface area (Å²) < 4.78 is 6.34. The summed E-state index contributed by atoms with van der Waals surface area (Å²) in [4.78, 5) is 33.2. The van der Waals surface area contributed by atoms with E-state index in [1.165, 1.54) is 4.68 Å². The van der Waals surface area contributed by atoms with Gasteiger partial charge in [0.15, 0.2) is 11.2 Å². The van der Waals surface area contributed by atoms with Crippen LogP contribution in [0.3, 0.4) is 0 Å². The van der Waals surface area contributed by atoms with Crippen LogP contribution in [0, 0.1) is 0 Å². The molecule has 0 saturated heterocycles. The Morgan fingerprint density at radius 1 is 1.26 bits per heavy atom. The van der Waals surface area contributed by atoms with Gasteiger partial charge in [-0.15, -0.1) is 0 Å². The number of carbonyl (C=O) groups excluding carboxylic acids is 1. The lowest BCUT2D eigenvalue weighted by Crippen LogP contribution is -2.25. The molecule has 23 heavy (non-hydrogen) atoms. The number of hydrogen-bond donors (Lipinski definition) is 0. The Bertz CT molecular complexity index is 984. The van der Waals surface area contributed by atoms with Crippen molar-refractivity contribution >= 4 is 39.8 Å². The highest BCUT2D eigenvalue weighted by Gasteiger charge is 2.20. The van der Waals surface area contributed by atoms with Gasteiger partial charge in [-0.1, -0.05) is 11.6 Å². The van der Waals surface area contributed by atoms with Crippen molar-refractivity contribution in [3.8, 4) is 0 Å². The molecule has 0 saturated carbocycles. The first kappa shape index (κ1) is 15.4. The molecule has 0 fully saturated rings. The number of carbonyl (C=O) groups is 1. The lowest BCUT2D eigenvalue weighted by atomic mass is 10.2. The highest BCUT2D eigenvalue weighted by atomic mass is 35.5. The number of nitrogens with zero attached hydrogens (tertiary/aromatic N) is 4.